The molecule has 1 aromatic heterocycles. The van der Waals surface area contributed by atoms with E-state index < -0.39 is 0 Å². The van der Waals surface area contributed by atoms with Crippen molar-refractivity contribution in [2.45, 2.75) is 0 Å². The molecule has 8 heavy (non-hydrogen) atoms. The molecule has 0 bridgehead atoms. The van der Waals surface area contributed by atoms with Crippen LogP contribution in [0.3, 0.4) is 0 Å². The number of aromatic nitrogens is 1. The Labute approximate surface area is 50.6 Å². The molecule has 1 aromatic rings. The first kappa shape index (κ1) is 5.37. The summed E-state index contributed by atoms with van der Waals surface area (Å²) >= 11 is 1.20. The minimum atomic E-state index is -0.230. The molecule has 0 fully saturated rings. The molecule has 0 atom stereocenters. The van der Waals surface area contributed by atoms with Crippen LogP contribution < -0.4 is 4.74 Å². The van der Waals surface area contributed by atoms with Crippen molar-refractivity contribution in [2.24, 2.45) is 0 Å². The Hall–Kier alpha value is -0.770. The van der Waals surface area contributed by atoms with E-state index in [0.717, 1.165) is 0 Å². The summed E-state index contributed by atoms with van der Waals surface area (Å²) < 4.78 is 4.64. The Kier molecular flexibility index (Phi) is 1.34. The lowest BCUT2D eigenvalue weighted by Crippen LogP contribution is -1.77. The monoisotopic (exact) mass is 130 g/mol. The number of nitrogens with zero attached hydrogens (tertiary/aromatic N) is 1. The second kappa shape index (κ2) is 2.00. The average Bonchev–Trinajstić information content (AvgIpc) is 2.14. The van der Waals surface area contributed by atoms with Crippen molar-refractivity contribution in [2.75, 3.05) is 7.11 Å². The summed E-state index contributed by atoms with van der Waals surface area (Å²) in [4.78, 5) is 3.47. The molecule has 3 nitrogen and oxygen atoms in total. The fraction of sp³-hybridized carbons (Fsp3) is 0.250. The molecule has 43 valence electrons. The molecule has 0 aliphatic rings. The van der Waals surface area contributed by atoms with Crippen LogP contribution in [0.5, 0.6) is 11.1 Å². The normalized spacial score (nSPS) is 9.12. The maximum absolute atomic E-state index is 10.3. The van der Waals surface area contributed by atoms with Crippen molar-refractivity contribution < 1.29 is 9.84 Å². The first-order chi connectivity index (χ1) is 3.83. The quantitative estimate of drug-likeness (QED) is 0.574. The van der Waals surface area contributed by atoms with Gasteiger partial charge in [-0.05, 0) is 0 Å². The fourth-order valence-electron chi connectivity index (χ4n) is 0.337. The third-order valence-electron chi connectivity index (χ3n) is 0.637. The minimum absolute atomic E-state index is 0.230. The van der Waals surface area contributed by atoms with Crippen LogP contribution in [0.25, 0.3) is 0 Å². The lowest BCUT2D eigenvalue weighted by molar-refractivity contribution is 0.330. The Morgan fingerprint density at radius 1 is 1.88 bits per heavy atom. The van der Waals surface area contributed by atoms with Crippen molar-refractivity contribution in [3.05, 3.63) is 5.38 Å². The van der Waals surface area contributed by atoms with Gasteiger partial charge in [0.2, 0.25) is 0 Å². The van der Waals surface area contributed by atoms with Gasteiger partial charge in [-0.3, -0.25) is 5.11 Å². The summed E-state index contributed by atoms with van der Waals surface area (Å²) in [6.07, 6.45) is 0. The molecule has 0 unspecified atom stereocenters. The van der Waals surface area contributed by atoms with Crippen molar-refractivity contribution in [1.82, 2.24) is 4.98 Å². The van der Waals surface area contributed by atoms with Crippen LogP contribution in [0.2, 0.25) is 0 Å². The van der Waals surface area contributed by atoms with Gasteiger partial charge in [-0.1, -0.05) is 11.3 Å². The van der Waals surface area contributed by atoms with Crippen LogP contribution >= 0.6 is 11.3 Å². The molecule has 0 N–H and O–H groups in total. The summed E-state index contributed by atoms with van der Waals surface area (Å²) in [5.41, 5.74) is 0. The van der Waals surface area contributed by atoms with E-state index in [1.807, 2.05) is 0 Å². The Morgan fingerprint density at radius 2 is 2.62 bits per heavy atom. The van der Waals surface area contributed by atoms with Gasteiger partial charge in [-0.2, -0.15) is 4.98 Å². The van der Waals surface area contributed by atoms with Crippen LogP contribution in [0.1, 0.15) is 0 Å². The average molecular weight is 130 g/mol. The predicted molar refractivity (Wildman–Crippen MR) is 28.8 cm³/mol. The highest BCUT2D eigenvalue weighted by molar-refractivity contribution is 7.11. The van der Waals surface area contributed by atoms with E-state index in [1.165, 1.54) is 23.8 Å². The molecule has 0 saturated carbocycles. The number of rotatable bonds is 1. The molecule has 0 amide bonds. The maximum atomic E-state index is 10.3. The third-order valence-corrected chi connectivity index (χ3v) is 1.42. The van der Waals surface area contributed by atoms with E-state index in [9.17, 15) is 5.11 Å². The van der Waals surface area contributed by atoms with E-state index in [-0.39, 0.29) is 5.88 Å². The number of methoxy groups -OCH3 is 1. The summed E-state index contributed by atoms with van der Waals surface area (Å²) in [7, 11) is 1.48. The Morgan fingerprint density at radius 3 is 2.88 bits per heavy atom. The highest BCUT2D eigenvalue weighted by atomic mass is 32.1. The molecule has 0 aliphatic heterocycles. The molecule has 4 heteroatoms. The van der Waals surface area contributed by atoms with Crippen molar-refractivity contribution in [3.63, 3.8) is 0 Å². The SMILES string of the molecule is COc1nc([O])cs1. The van der Waals surface area contributed by atoms with E-state index >= 15 is 0 Å². The lowest BCUT2D eigenvalue weighted by Gasteiger charge is -1.84. The number of ether oxygens (including phenoxy) is 1. The van der Waals surface area contributed by atoms with Crippen LogP contribution in [0.15, 0.2) is 5.38 Å². The molecule has 1 radical (unpaired) electrons. The van der Waals surface area contributed by atoms with Gasteiger partial charge < -0.3 is 4.74 Å². The fourth-order valence-corrected chi connectivity index (χ4v) is 0.830. The van der Waals surface area contributed by atoms with Gasteiger partial charge in [0.05, 0.1) is 12.5 Å². The van der Waals surface area contributed by atoms with Gasteiger partial charge in [-0.25, -0.2) is 0 Å². The molecule has 1 heterocycles. The van der Waals surface area contributed by atoms with Crippen LogP contribution in [0, 0.1) is 0 Å². The second-order valence-electron chi connectivity index (χ2n) is 1.16. The summed E-state index contributed by atoms with van der Waals surface area (Å²) in [5.74, 6) is -0.230. The van der Waals surface area contributed by atoms with Crippen molar-refractivity contribution >= 4 is 11.3 Å². The standard InChI is InChI=1S/C4H4NO2S/c1-7-4-5-3(6)2-8-4/h2H,1H3. The maximum Gasteiger partial charge on any atom is 0.283 e. The molecule has 1 rings (SSSR count). The summed E-state index contributed by atoms with van der Waals surface area (Å²) in [6, 6.07) is 0. The zero-order chi connectivity index (χ0) is 5.98. The van der Waals surface area contributed by atoms with E-state index in [4.69, 9.17) is 0 Å². The smallest absolute Gasteiger partial charge is 0.283 e. The highest BCUT2D eigenvalue weighted by Gasteiger charge is 1.97. The van der Waals surface area contributed by atoms with Crippen LogP contribution in [-0.4, -0.2) is 12.1 Å². The number of thiazole rings is 1. The lowest BCUT2D eigenvalue weighted by atomic mass is 10.9. The van der Waals surface area contributed by atoms with E-state index in [0.29, 0.717) is 5.19 Å². The third kappa shape index (κ3) is 0.894. The van der Waals surface area contributed by atoms with Crippen molar-refractivity contribution in [3.8, 4) is 11.1 Å². The van der Waals surface area contributed by atoms with Crippen LogP contribution in [0.4, 0.5) is 0 Å². The first-order valence-corrected chi connectivity index (χ1v) is 2.87. The molecular weight excluding hydrogens is 126 g/mol. The number of hydrogen-bond donors (Lipinski definition) is 0. The zero-order valence-electron chi connectivity index (χ0n) is 4.25. The zero-order valence-corrected chi connectivity index (χ0v) is 5.07. The van der Waals surface area contributed by atoms with Gasteiger partial charge >= 0.3 is 0 Å². The predicted octanol–water partition coefficient (Wildman–Crippen LogP) is 1.30. The summed E-state index contributed by atoms with van der Waals surface area (Å²) in [6.45, 7) is 0. The van der Waals surface area contributed by atoms with Gasteiger partial charge in [0.25, 0.3) is 11.1 Å². The van der Waals surface area contributed by atoms with E-state index in [2.05, 4.69) is 9.72 Å². The molecule has 0 spiro atoms. The van der Waals surface area contributed by atoms with Gasteiger partial charge in [-0.15, -0.1) is 0 Å². The van der Waals surface area contributed by atoms with Crippen LogP contribution in [-0.2, 0) is 5.11 Å². The van der Waals surface area contributed by atoms with E-state index in [1.54, 1.807) is 0 Å². The Bertz CT molecular complexity index is 174. The topological polar surface area (TPSA) is 42.0 Å². The summed E-state index contributed by atoms with van der Waals surface area (Å²) in [5, 5.41) is 12.1. The molecule has 0 aliphatic carbocycles. The Balaban J connectivity index is 2.84. The van der Waals surface area contributed by atoms with Crippen molar-refractivity contribution in [1.29, 1.82) is 0 Å². The second-order valence-corrected chi connectivity index (χ2v) is 1.98. The van der Waals surface area contributed by atoms with Gasteiger partial charge in [0.1, 0.15) is 0 Å². The molecule has 0 aromatic carbocycles. The van der Waals surface area contributed by atoms with Gasteiger partial charge in [0.15, 0.2) is 0 Å². The number of hydrogen-bond acceptors (Lipinski definition) is 3. The largest absolute Gasteiger partial charge is 0.473 e. The van der Waals surface area contributed by atoms with Gasteiger partial charge in [0, 0.05) is 0 Å². The minimum Gasteiger partial charge on any atom is -0.473 e. The molecular formula is C4H4NO2S. The molecule has 0 saturated heterocycles. The highest BCUT2D eigenvalue weighted by Crippen LogP contribution is 2.21. The first-order valence-electron chi connectivity index (χ1n) is 1.99.